The fourth-order valence-electron chi connectivity index (χ4n) is 2.35. The van der Waals surface area contributed by atoms with Crippen molar-refractivity contribution < 1.29 is 22.7 Å². The molecule has 1 aromatic carbocycles. The zero-order valence-corrected chi connectivity index (χ0v) is 14.1. The Hall–Kier alpha value is -2.19. The Morgan fingerprint density at radius 3 is 2.54 bits per heavy atom. The molecule has 0 spiro atoms. The smallest absolute Gasteiger partial charge is 0.307 e. The quantitative estimate of drug-likeness (QED) is 0.595. The lowest BCUT2D eigenvalue weighted by Crippen LogP contribution is -2.30. The maximum Gasteiger partial charge on any atom is 0.307 e. The van der Waals surface area contributed by atoms with Gasteiger partial charge in [-0.15, -0.1) is 0 Å². The van der Waals surface area contributed by atoms with Crippen LogP contribution in [0.3, 0.4) is 0 Å². The molecule has 2 rings (SSSR count). The average Bonchev–Trinajstić information content (AvgIpc) is 2.99. The number of rotatable bonds is 6. The molecule has 0 radical (unpaired) electrons. The Morgan fingerprint density at radius 2 is 2.00 bits per heavy atom. The highest BCUT2D eigenvalue weighted by Crippen LogP contribution is 2.21. The van der Waals surface area contributed by atoms with E-state index < -0.39 is 28.0 Å². The predicted octanol–water partition coefficient (Wildman–Crippen LogP) is 1.56. The van der Waals surface area contributed by atoms with Crippen molar-refractivity contribution in [2.75, 3.05) is 5.32 Å². The van der Waals surface area contributed by atoms with E-state index in [1.807, 2.05) is 12.2 Å². The van der Waals surface area contributed by atoms with E-state index in [0.717, 1.165) is 12.8 Å². The van der Waals surface area contributed by atoms with Gasteiger partial charge in [0.25, 0.3) is 5.91 Å². The number of allylic oxidation sites excluding steroid dienone is 2. The van der Waals surface area contributed by atoms with Crippen LogP contribution in [0.25, 0.3) is 0 Å². The third kappa shape index (κ3) is 5.17. The largest absolute Gasteiger partial charge is 0.453 e. The molecule has 0 unspecified atom stereocenters. The number of amides is 1. The predicted molar refractivity (Wildman–Crippen MR) is 88.5 cm³/mol. The van der Waals surface area contributed by atoms with Crippen LogP contribution in [0.15, 0.2) is 41.3 Å². The first kappa shape index (κ1) is 18.2. The summed E-state index contributed by atoms with van der Waals surface area (Å²) in [7, 11) is -3.78. The summed E-state index contributed by atoms with van der Waals surface area (Å²) >= 11 is 0. The molecule has 0 saturated heterocycles. The van der Waals surface area contributed by atoms with E-state index in [9.17, 15) is 18.0 Å². The molecule has 24 heavy (non-hydrogen) atoms. The van der Waals surface area contributed by atoms with Crippen LogP contribution >= 0.6 is 0 Å². The number of benzene rings is 1. The van der Waals surface area contributed by atoms with Crippen molar-refractivity contribution in [2.45, 2.75) is 37.2 Å². The summed E-state index contributed by atoms with van der Waals surface area (Å²) in [4.78, 5) is 23.8. The van der Waals surface area contributed by atoms with Gasteiger partial charge in [0, 0.05) is 5.69 Å². The number of primary sulfonamides is 1. The van der Waals surface area contributed by atoms with Crippen molar-refractivity contribution in [2.24, 2.45) is 11.1 Å². The number of hydrogen-bond donors (Lipinski definition) is 2. The summed E-state index contributed by atoms with van der Waals surface area (Å²) in [6.07, 6.45) is 5.21. The van der Waals surface area contributed by atoms with Crippen molar-refractivity contribution >= 4 is 27.6 Å². The fourth-order valence-corrected chi connectivity index (χ4v) is 2.87. The first-order valence-corrected chi connectivity index (χ1v) is 9.10. The number of hydrogen-bond acceptors (Lipinski definition) is 5. The molecule has 1 amide bonds. The van der Waals surface area contributed by atoms with Gasteiger partial charge in [-0.3, -0.25) is 9.59 Å². The Balaban J connectivity index is 1.86. The maximum absolute atomic E-state index is 12.0. The molecule has 0 saturated carbocycles. The van der Waals surface area contributed by atoms with Gasteiger partial charge in [-0.2, -0.15) is 0 Å². The molecule has 1 aliphatic rings. The van der Waals surface area contributed by atoms with Gasteiger partial charge >= 0.3 is 5.97 Å². The summed E-state index contributed by atoms with van der Waals surface area (Å²) in [6.45, 7) is 1.48. The van der Waals surface area contributed by atoms with Crippen LogP contribution in [0.5, 0.6) is 0 Å². The molecule has 0 aliphatic heterocycles. The zero-order chi connectivity index (χ0) is 17.7. The standard InChI is InChI=1S/C16H20N2O5S/c1-11(23-15(19)10-12-4-2-3-5-12)16(20)18-13-6-8-14(9-7-13)24(17,21)22/h2,4,6-9,11-12H,3,5,10H2,1H3,(H,18,20)(H2,17,21,22)/t11-,12-/m1/s1. The van der Waals surface area contributed by atoms with Crippen LogP contribution in [0.2, 0.25) is 0 Å². The minimum Gasteiger partial charge on any atom is -0.453 e. The Labute approximate surface area is 140 Å². The monoisotopic (exact) mass is 352 g/mol. The van der Waals surface area contributed by atoms with Crippen LogP contribution in [0.1, 0.15) is 26.2 Å². The van der Waals surface area contributed by atoms with Gasteiger partial charge in [0.05, 0.1) is 11.3 Å². The lowest BCUT2D eigenvalue weighted by atomic mass is 10.1. The lowest BCUT2D eigenvalue weighted by molar-refractivity contribution is -0.153. The highest BCUT2D eigenvalue weighted by atomic mass is 32.2. The highest BCUT2D eigenvalue weighted by molar-refractivity contribution is 7.89. The third-order valence-corrected chi connectivity index (χ3v) is 4.60. The maximum atomic E-state index is 12.0. The Bertz CT molecular complexity index is 740. The minimum absolute atomic E-state index is 0.0513. The van der Waals surface area contributed by atoms with E-state index in [0.29, 0.717) is 5.69 Å². The first-order chi connectivity index (χ1) is 11.3. The van der Waals surface area contributed by atoms with Crippen molar-refractivity contribution in [1.29, 1.82) is 0 Å². The summed E-state index contributed by atoms with van der Waals surface area (Å²) in [5.74, 6) is -0.731. The van der Waals surface area contributed by atoms with Crippen LogP contribution in [0, 0.1) is 5.92 Å². The summed E-state index contributed by atoms with van der Waals surface area (Å²) in [6, 6.07) is 5.40. The van der Waals surface area contributed by atoms with Gasteiger partial charge < -0.3 is 10.1 Å². The van der Waals surface area contributed by atoms with Gasteiger partial charge in [-0.25, -0.2) is 13.6 Å². The number of nitrogens with two attached hydrogens (primary N) is 1. The normalized spacial score (nSPS) is 18.2. The zero-order valence-electron chi connectivity index (χ0n) is 13.3. The van der Waals surface area contributed by atoms with Gasteiger partial charge in [0.15, 0.2) is 6.10 Å². The summed E-state index contributed by atoms with van der Waals surface area (Å²) < 4.78 is 27.5. The second kappa shape index (κ2) is 7.59. The molecule has 130 valence electrons. The van der Waals surface area contributed by atoms with Gasteiger partial charge in [-0.05, 0) is 49.9 Å². The number of nitrogens with one attached hydrogen (secondary N) is 1. The van der Waals surface area contributed by atoms with E-state index in [1.54, 1.807) is 0 Å². The molecule has 3 N–H and O–H groups in total. The first-order valence-electron chi connectivity index (χ1n) is 7.55. The van der Waals surface area contributed by atoms with E-state index in [-0.39, 0.29) is 17.2 Å². The number of esters is 1. The van der Waals surface area contributed by atoms with Crippen LogP contribution in [0.4, 0.5) is 5.69 Å². The van der Waals surface area contributed by atoms with Crippen molar-refractivity contribution in [3.8, 4) is 0 Å². The van der Waals surface area contributed by atoms with E-state index in [2.05, 4.69) is 5.32 Å². The van der Waals surface area contributed by atoms with Crippen LogP contribution in [-0.4, -0.2) is 26.4 Å². The topological polar surface area (TPSA) is 116 Å². The van der Waals surface area contributed by atoms with Gasteiger partial charge in [0.2, 0.25) is 10.0 Å². The number of anilines is 1. The number of carbonyl (C=O) groups is 2. The molecule has 1 aliphatic carbocycles. The summed E-state index contributed by atoms with van der Waals surface area (Å²) in [5, 5.41) is 7.55. The fraction of sp³-hybridized carbons (Fsp3) is 0.375. The number of carbonyl (C=O) groups excluding carboxylic acids is 2. The molecular weight excluding hydrogens is 332 g/mol. The van der Waals surface area contributed by atoms with Crippen molar-refractivity contribution in [3.63, 3.8) is 0 Å². The highest BCUT2D eigenvalue weighted by Gasteiger charge is 2.21. The second-order valence-corrected chi connectivity index (χ2v) is 7.22. The molecule has 0 heterocycles. The van der Waals surface area contributed by atoms with Gasteiger partial charge in [-0.1, -0.05) is 12.2 Å². The van der Waals surface area contributed by atoms with Gasteiger partial charge in [0.1, 0.15) is 0 Å². The minimum atomic E-state index is -3.78. The molecule has 0 bridgehead atoms. The SMILES string of the molecule is C[C@@H](OC(=O)C[C@@H]1C=CCC1)C(=O)Nc1ccc(S(N)(=O)=O)cc1. The molecule has 7 nitrogen and oxygen atoms in total. The second-order valence-electron chi connectivity index (χ2n) is 5.66. The van der Waals surface area contributed by atoms with E-state index >= 15 is 0 Å². The molecule has 1 aromatic rings. The Morgan fingerprint density at radius 1 is 1.33 bits per heavy atom. The number of ether oxygens (including phenoxy) is 1. The molecule has 8 heteroatoms. The number of sulfonamides is 1. The molecular formula is C16H20N2O5S. The van der Waals surface area contributed by atoms with E-state index in [4.69, 9.17) is 9.88 Å². The molecule has 2 atom stereocenters. The summed E-state index contributed by atoms with van der Waals surface area (Å²) in [5.41, 5.74) is 0.383. The van der Waals surface area contributed by atoms with Crippen LogP contribution in [-0.2, 0) is 24.3 Å². The Kier molecular flexibility index (Phi) is 5.74. The lowest BCUT2D eigenvalue weighted by Gasteiger charge is -2.15. The van der Waals surface area contributed by atoms with Crippen molar-refractivity contribution in [3.05, 3.63) is 36.4 Å². The molecule has 0 aromatic heterocycles. The van der Waals surface area contributed by atoms with Crippen LogP contribution < -0.4 is 10.5 Å². The third-order valence-electron chi connectivity index (χ3n) is 3.67. The van der Waals surface area contributed by atoms with Crippen molar-refractivity contribution in [1.82, 2.24) is 0 Å². The van der Waals surface area contributed by atoms with E-state index in [1.165, 1.54) is 31.2 Å². The molecule has 0 fully saturated rings. The average molecular weight is 352 g/mol.